The molecule has 1 unspecified atom stereocenters. The van der Waals surface area contributed by atoms with Gasteiger partial charge in [-0.15, -0.1) is 0 Å². The molecule has 3 rings (SSSR count). The second-order valence-corrected chi connectivity index (χ2v) is 4.69. The zero-order chi connectivity index (χ0) is 12.7. The summed E-state index contributed by atoms with van der Waals surface area (Å²) in [6.07, 6.45) is 0. The number of carbonyl (C=O) groups is 1. The Kier molecular flexibility index (Phi) is 2.41. The number of rotatable bonds is 2. The normalized spacial score (nSPS) is 21.7. The molecule has 0 saturated carbocycles. The first-order valence-electron chi connectivity index (χ1n) is 5.15. The van der Waals surface area contributed by atoms with E-state index in [0.717, 1.165) is 11.8 Å². The van der Waals surface area contributed by atoms with Crippen LogP contribution in [-0.2, 0) is 4.79 Å². The Hall–Kier alpha value is -2.15. The van der Waals surface area contributed by atoms with Crippen LogP contribution in [0.3, 0.4) is 0 Å². The Labute approximate surface area is 106 Å². The minimum Gasteiger partial charge on any atom is -0.358 e. The van der Waals surface area contributed by atoms with E-state index in [0.29, 0.717) is 11.4 Å². The number of nitrogens with zero attached hydrogens (tertiary/aromatic N) is 3. The lowest BCUT2D eigenvalue weighted by molar-refractivity contribution is -0.440. The molecule has 0 spiro atoms. The lowest BCUT2D eigenvalue weighted by Gasteiger charge is -2.13. The van der Waals surface area contributed by atoms with Gasteiger partial charge in [0.15, 0.2) is 0 Å². The van der Waals surface area contributed by atoms with E-state index in [1.807, 2.05) is 6.07 Å². The lowest BCUT2D eigenvalue weighted by atomic mass is 10.2. The largest absolute Gasteiger partial charge is 0.358 e. The van der Waals surface area contributed by atoms with Crippen LogP contribution in [0.15, 0.2) is 46.6 Å². The number of carbonyl (C=O) groups excluding carboxylic acids is 1. The Balaban J connectivity index is 2.05. The summed E-state index contributed by atoms with van der Waals surface area (Å²) in [5, 5.41) is 11.7. The molecule has 90 valence electrons. The number of hydrogen-bond donors (Lipinski definition) is 0. The predicted octanol–water partition coefficient (Wildman–Crippen LogP) is 1.42. The van der Waals surface area contributed by atoms with Crippen molar-refractivity contribution in [2.75, 3.05) is 0 Å². The van der Waals surface area contributed by atoms with Crippen LogP contribution in [0.2, 0.25) is 0 Å². The van der Waals surface area contributed by atoms with Crippen molar-refractivity contribution in [1.29, 1.82) is 0 Å². The molecule has 0 bridgehead atoms. The summed E-state index contributed by atoms with van der Waals surface area (Å²) in [6, 6.07) is 8.98. The highest BCUT2D eigenvalue weighted by atomic mass is 32.2. The molecule has 1 aromatic rings. The fourth-order valence-corrected chi connectivity index (χ4v) is 2.84. The molecule has 7 heteroatoms. The van der Waals surface area contributed by atoms with E-state index in [-0.39, 0.29) is 11.7 Å². The third-order valence-electron chi connectivity index (χ3n) is 2.66. The number of hydrogen-bond acceptors (Lipinski definition) is 5. The monoisotopic (exact) mass is 261 g/mol. The zero-order valence-corrected chi connectivity index (χ0v) is 9.83. The summed E-state index contributed by atoms with van der Waals surface area (Å²) in [7, 11) is 0. The molecule has 18 heavy (non-hydrogen) atoms. The van der Waals surface area contributed by atoms with Crippen molar-refractivity contribution >= 4 is 23.5 Å². The van der Waals surface area contributed by atoms with Crippen LogP contribution in [0.4, 0.5) is 0 Å². The van der Waals surface area contributed by atoms with E-state index in [4.69, 9.17) is 0 Å². The maximum atomic E-state index is 11.7. The molecule has 0 aliphatic carbocycles. The van der Waals surface area contributed by atoms with Gasteiger partial charge in [0.2, 0.25) is 11.2 Å². The number of amidine groups is 1. The van der Waals surface area contributed by atoms with Crippen molar-refractivity contribution < 1.29 is 9.72 Å². The van der Waals surface area contributed by atoms with Crippen molar-refractivity contribution in [3.8, 4) is 0 Å². The highest BCUT2D eigenvalue weighted by Crippen LogP contribution is 2.37. The van der Waals surface area contributed by atoms with E-state index in [1.165, 1.54) is 10.3 Å². The Morgan fingerprint density at radius 3 is 2.72 bits per heavy atom. The number of thioether (sulfide) groups is 1. The standard InChI is InChI=1S/C11H7N3O3S/c15-10-11-13(8(6-18-11)14(16)17)9(12-10)7-4-2-1-3-5-7/h1-6,11H. The quantitative estimate of drug-likeness (QED) is 0.594. The molecule has 6 nitrogen and oxygen atoms in total. The van der Waals surface area contributed by atoms with Crippen LogP contribution in [-0.4, -0.2) is 26.9 Å². The molecule has 0 saturated heterocycles. The molecule has 0 radical (unpaired) electrons. The predicted molar refractivity (Wildman–Crippen MR) is 66.3 cm³/mol. The summed E-state index contributed by atoms with van der Waals surface area (Å²) in [5.41, 5.74) is 0.698. The second-order valence-electron chi connectivity index (χ2n) is 3.73. The van der Waals surface area contributed by atoms with Gasteiger partial charge in [-0.05, 0) is 17.1 Å². The Morgan fingerprint density at radius 1 is 1.33 bits per heavy atom. The highest BCUT2D eigenvalue weighted by Gasteiger charge is 2.49. The van der Waals surface area contributed by atoms with Gasteiger partial charge >= 0.3 is 11.7 Å². The summed E-state index contributed by atoms with van der Waals surface area (Å²) in [6.45, 7) is 0. The molecular weight excluding hydrogens is 254 g/mol. The molecule has 1 amide bonds. The molecule has 0 N–H and O–H groups in total. The van der Waals surface area contributed by atoms with Gasteiger partial charge in [-0.1, -0.05) is 30.0 Å². The molecule has 1 aromatic carbocycles. The van der Waals surface area contributed by atoms with Crippen molar-refractivity contribution in [3.05, 3.63) is 57.2 Å². The molecular formula is C11H7N3O3S. The third-order valence-corrected chi connectivity index (χ3v) is 3.68. The van der Waals surface area contributed by atoms with Gasteiger partial charge in [-0.3, -0.25) is 4.79 Å². The van der Waals surface area contributed by atoms with E-state index >= 15 is 0 Å². The van der Waals surface area contributed by atoms with Crippen molar-refractivity contribution in [2.45, 2.75) is 5.37 Å². The number of benzene rings is 1. The van der Waals surface area contributed by atoms with Gasteiger partial charge in [0.05, 0.1) is 5.41 Å². The van der Waals surface area contributed by atoms with E-state index in [2.05, 4.69) is 4.99 Å². The van der Waals surface area contributed by atoms with Crippen LogP contribution in [0.5, 0.6) is 0 Å². The van der Waals surface area contributed by atoms with E-state index in [1.54, 1.807) is 24.3 Å². The van der Waals surface area contributed by atoms with Gasteiger partial charge < -0.3 is 10.1 Å². The molecule has 1 atom stereocenters. The first-order valence-corrected chi connectivity index (χ1v) is 6.10. The summed E-state index contributed by atoms with van der Waals surface area (Å²) >= 11 is 1.11. The number of nitro groups is 1. The lowest BCUT2D eigenvalue weighted by Crippen LogP contribution is -2.34. The number of fused-ring (bicyclic) bond motifs is 1. The zero-order valence-electron chi connectivity index (χ0n) is 9.02. The van der Waals surface area contributed by atoms with E-state index < -0.39 is 10.3 Å². The van der Waals surface area contributed by atoms with Crippen LogP contribution in [0.25, 0.3) is 0 Å². The average molecular weight is 261 g/mol. The fourth-order valence-electron chi connectivity index (χ4n) is 1.89. The molecule has 0 fully saturated rings. The molecule has 2 heterocycles. The van der Waals surface area contributed by atoms with Gasteiger partial charge in [0.25, 0.3) is 0 Å². The van der Waals surface area contributed by atoms with Crippen LogP contribution >= 0.6 is 11.8 Å². The minimum atomic E-state index is -0.624. The second kappa shape index (κ2) is 3.95. The maximum Gasteiger partial charge on any atom is 0.332 e. The topological polar surface area (TPSA) is 75.8 Å². The molecule has 2 aliphatic heterocycles. The maximum absolute atomic E-state index is 11.7. The van der Waals surface area contributed by atoms with Gasteiger partial charge in [0.1, 0.15) is 0 Å². The molecule has 0 aromatic heterocycles. The van der Waals surface area contributed by atoms with Gasteiger partial charge in [-0.25, -0.2) is 0 Å². The fraction of sp³-hybridized carbons (Fsp3) is 0.0909. The first kappa shape index (κ1) is 11.0. The van der Waals surface area contributed by atoms with Crippen molar-refractivity contribution in [3.63, 3.8) is 0 Å². The van der Waals surface area contributed by atoms with Crippen LogP contribution in [0, 0.1) is 10.1 Å². The van der Waals surface area contributed by atoms with Gasteiger partial charge in [0, 0.05) is 5.56 Å². The summed E-state index contributed by atoms with van der Waals surface area (Å²) < 4.78 is 0. The Morgan fingerprint density at radius 2 is 2.06 bits per heavy atom. The third kappa shape index (κ3) is 1.52. The van der Waals surface area contributed by atoms with Crippen LogP contribution < -0.4 is 0 Å². The molecule has 2 aliphatic rings. The minimum absolute atomic E-state index is 0.0987. The average Bonchev–Trinajstić information content (AvgIpc) is 2.92. The first-order chi connectivity index (χ1) is 8.68. The SMILES string of the molecule is O=C1N=C(c2ccccc2)N2C([N+](=O)[O-])=CSC12. The summed E-state index contributed by atoms with van der Waals surface area (Å²) in [4.78, 5) is 27.4. The van der Waals surface area contributed by atoms with E-state index in [9.17, 15) is 14.9 Å². The highest BCUT2D eigenvalue weighted by molar-refractivity contribution is 8.03. The van der Waals surface area contributed by atoms with Gasteiger partial charge in [-0.2, -0.15) is 9.89 Å². The number of amides is 1. The van der Waals surface area contributed by atoms with Crippen molar-refractivity contribution in [2.24, 2.45) is 4.99 Å². The Bertz CT molecular complexity index is 597. The summed E-state index contributed by atoms with van der Waals surface area (Å²) in [5.74, 6) is -0.107. The smallest absolute Gasteiger partial charge is 0.332 e. The van der Waals surface area contributed by atoms with Crippen molar-refractivity contribution in [1.82, 2.24) is 4.90 Å². The number of aliphatic imine (C=N–C) groups is 1. The van der Waals surface area contributed by atoms with Crippen LogP contribution in [0.1, 0.15) is 5.56 Å².